The zero-order valence-electron chi connectivity index (χ0n) is 15.0. The second-order valence-corrected chi connectivity index (χ2v) is 6.10. The van der Waals surface area contributed by atoms with E-state index in [0.29, 0.717) is 13.1 Å². The summed E-state index contributed by atoms with van der Waals surface area (Å²) in [5, 5.41) is 0. The highest BCUT2D eigenvalue weighted by molar-refractivity contribution is 5.78. The Morgan fingerprint density at radius 2 is 1.72 bits per heavy atom. The Labute approximate surface area is 148 Å². The third-order valence-electron chi connectivity index (χ3n) is 4.27. The first kappa shape index (κ1) is 18.9. The predicted octanol–water partition coefficient (Wildman–Crippen LogP) is 3.36. The molecule has 25 heavy (non-hydrogen) atoms. The summed E-state index contributed by atoms with van der Waals surface area (Å²) in [5.41, 5.74) is 1.17. The monoisotopic (exact) mass is 344 g/mol. The molecule has 0 saturated heterocycles. The number of nitrogens with zero attached hydrogens (tertiary/aromatic N) is 2. The molecule has 0 radical (unpaired) electrons. The lowest BCUT2D eigenvalue weighted by molar-refractivity contribution is -0.131. The summed E-state index contributed by atoms with van der Waals surface area (Å²) in [7, 11) is 3.66. The molecule has 0 aliphatic carbocycles. The van der Waals surface area contributed by atoms with Crippen molar-refractivity contribution in [2.75, 3.05) is 33.8 Å². The molecule has 1 atom stereocenters. The van der Waals surface area contributed by atoms with Gasteiger partial charge in [-0.2, -0.15) is 0 Å². The number of halogens is 1. The van der Waals surface area contributed by atoms with Crippen LogP contribution in [0.5, 0.6) is 5.75 Å². The molecule has 5 heteroatoms. The van der Waals surface area contributed by atoms with E-state index in [1.165, 1.54) is 11.6 Å². The average Bonchev–Trinajstić information content (AvgIpc) is 2.63. The molecule has 0 bridgehead atoms. The molecule has 1 unspecified atom stereocenters. The molecule has 1 amide bonds. The van der Waals surface area contributed by atoms with Gasteiger partial charge in [-0.1, -0.05) is 42.5 Å². The Bertz CT molecular complexity index is 678. The standard InChI is InChI=1S/C20H25FN2O2/c1-16(17-9-5-4-6-10-17)23(3)15-20(24)22(2)13-14-25-19-12-8-7-11-18(19)21/h4-12,16H,13-15H2,1-3H3. The van der Waals surface area contributed by atoms with Gasteiger partial charge in [-0.05, 0) is 31.7 Å². The average molecular weight is 344 g/mol. The predicted molar refractivity (Wildman–Crippen MR) is 97.0 cm³/mol. The van der Waals surface area contributed by atoms with Gasteiger partial charge in [0.2, 0.25) is 5.91 Å². The Morgan fingerprint density at radius 3 is 2.40 bits per heavy atom. The van der Waals surface area contributed by atoms with E-state index in [4.69, 9.17) is 4.74 Å². The maximum absolute atomic E-state index is 13.5. The lowest BCUT2D eigenvalue weighted by atomic mass is 10.1. The van der Waals surface area contributed by atoms with Crippen LogP contribution in [0.4, 0.5) is 4.39 Å². The summed E-state index contributed by atoms with van der Waals surface area (Å²) in [4.78, 5) is 16.0. The van der Waals surface area contributed by atoms with E-state index >= 15 is 0 Å². The molecule has 0 aliphatic rings. The number of hydrogen-bond donors (Lipinski definition) is 0. The van der Waals surface area contributed by atoms with Gasteiger partial charge in [-0.25, -0.2) is 4.39 Å². The Balaban J connectivity index is 1.78. The maximum atomic E-state index is 13.5. The number of amides is 1. The van der Waals surface area contributed by atoms with Crippen molar-refractivity contribution in [3.63, 3.8) is 0 Å². The highest BCUT2D eigenvalue weighted by Crippen LogP contribution is 2.18. The number of ether oxygens (including phenoxy) is 1. The van der Waals surface area contributed by atoms with Crippen molar-refractivity contribution in [3.05, 3.63) is 66.0 Å². The molecule has 0 fully saturated rings. The number of carbonyl (C=O) groups excluding carboxylic acids is 1. The van der Waals surface area contributed by atoms with Crippen LogP contribution in [0.1, 0.15) is 18.5 Å². The van der Waals surface area contributed by atoms with Crippen LogP contribution >= 0.6 is 0 Å². The minimum atomic E-state index is -0.395. The maximum Gasteiger partial charge on any atom is 0.236 e. The minimum absolute atomic E-state index is 0.00224. The van der Waals surface area contributed by atoms with Gasteiger partial charge in [0.1, 0.15) is 6.61 Å². The van der Waals surface area contributed by atoms with E-state index in [2.05, 4.69) is 19.1 Å². The van der Waals surface area contributed by atoms with Gasteiger partial charge in [-0.3, -0.25) is 9.69 Å². The van der Waals surface area contributed by atoms with Gasteiger partial charge in [0.15, 0.2) is 11.6 Å². The molecule has 0 N–H and O–H groups in total. The second kappa shape index (κ2) is 9.18. The summed E-state index contributed by atoms with van der Waals surface area (Å²) in [6.45, 7) is 3.04. The quantitative estimate of drug-likeness (QED) is 0.736. The smallest absolute Gasteiger partial charge is 0.236 e. The largest absolute Gasteiger partial charge is 0.489 e. The Hall–Kier alpha value is -2.40. The van der Waals surface area contributed by atoms with Crippen LogP contribution in [0, 0.1) is 5.82 Å². The van der Waals surface area contributed by atoms with Crippen LogP contribution in [0.3, 0.4) is 0 Å². The van der Waals surface area contributed by atoms with E-state index in [0.717, 1.165) is 0 Å². The summed E-state index contributed by atoms with van der Waals surface area (Å²) < 4.78 is 18.9. The minimum Gasteiger partial charge on any atom is -0.489 e. The highest BCUT2D eigenvalue weighted by atomic mass is 19.1. The van der Waals surface area contributed by atoms with Crippen LogP contribution < -0.4 is 4.74 Å². The zero-order chi connectivity index (χ0) is 18.2. The fourth-order valence-corrected chi connectivity index (χ4v) is 2.44. The molecule has 2 rings (SSSR count). The number of para-hydroxylation sites is 1. The van der Waals surface area contributed by atoms with E-state index in [1.54, 1.807) is 30.1 Å². The Morgan fingerprint density at radius 1 is 1.08 bits per heavy atom. The second-order valence-electron chi connectivity index (χ2n) is 6.10. The van der Waals surface area contributed by atoms with Crippen LogP contribution in [0.15, 0.2) is 54.6 Å². The topological polar surface area (TPSA) is 32.8 Å². The highest BCUT2D eigenvalue weighted by Gasteiger charge is 2.17. The molecule has 0 saturated carbocycles. The number of hydrogen-bond acceptors (Lipinski definition) is 3. The van der Waals surface area contributed by atoms with Crippen molar-refractivity contribution >= 4 is 5.91 Å². The van der Waals surface area contributed by atoms with Crippen molar-refractivity contribution in [2.45, 2.75) is 13.0 Å². The third-order valence-corrected chi connectivity index (χ3v) is 4.27. The summed E-state index contributed by atoms with van der Waals surface area (Å²) in [6.07, 6.45) is 0. The van der Waals surface area contributed by atoms with Gasteiger partial charge in [-0.15, -0.1) is 0 Å². The van der Waals surface area contributed by atoms with E-state index < -0.39 is 5.82 Å². The fourth-order valence-electron chi connectivity index (χ4n) is 2.44. The van der Waals surface area contributed by atoms with Gasteiger partial charge >= 0.3 is 0 Å². The number of likely N-dealkylation sites (N-methyl/N-ethyl adjacent to an activating group) is 2. The molecule has 0 heterocycles. The SMILES string of the molecule is CC(c1ccccc1)N(C)CC(=O)N(C)CCOc1ccccc1F. The van der Waals surface area contributed by atoms with Crippen LogP contribution in [0.2, 0.25) is 0 Å². The van der Waals surface area contributed by atoms with Gasteiger partial charge in [0.05, 0.1) is 13.1 Å². The molecule has 4 nitrogen and oxygen atoms in total. The molecule has 134 valence electrons. The number of benzene rings is 2. The molecule has 0 aromatic heterocycles. The Kier molecular flexibility index (Phi) is 6.95. The van der Waals surface area contributed by atoms with Crippen molar-refractivity contribution in [1.29, 1.82) is 0 Å². The van der Waals surface area contributed by atoms with E-state index in [-0.39, 0.29) is 24.3 Å². The molecule has 0 aliphatic heterocycles. The third kappa shape index (κ3) is 5.57. The first-order valence-electron chi connectivity index (χ1n) is 8.35. The molecule has 2 aromatic rings. The first-order valence-corrected chi connectivity index (χ1v) is 8.35. The summed E-state index contributed by atoms with van der Waals surface area (Å²) in [6, 6.07) is 16.5. The van der Waals surface area contributed by atoms with Crippen molar-refractivity contribution in [3.8, 4) is 5.75 Å². The van der Waals surface area contributed by atoms with Crippen LogP contribution in [-0.2, 0) is 4.79 Å². The molecular formula is C20H25FN2O2. The lowest BCUT2D eigenvalue weighted by Crippen LogP contribution is -2.39. The van der Waals surface area contributed by atoms with E-state index in [1.807, 2.05) is 30.1 Å². The fraction of sp³-hybridized carbons (Fsp3) is 0.350. The molecular weight excluding hydrogens is 319 g/mol. The number of carbonyl (C=O) groups is 1. The normalized spacial score (nSPS) is 12.0. The zero-order valence-corrected chi connectivity index (χ0v) is 15.0. The van der Waals surface area contributed by atoms with Crippen molar-refractivity contribution in [1.82, 2.24) is 9.80 Å². The first-order chi connectivity index (χ1) is 12.0. The number of rotatable bonds is 8. The van der Waals surface area contributed by atoms with Gasteiger partial charge in [0.25, 0.3) is 0 Å². The molecule has 0 spiro atoms. The van der Waals surface area contributed by atoms with Crippen molar-refractivity contribution < 1.29 is 13.9 Å². The summed E-state index contributed by atoms with van der Waals surface area (Å²) in [5.74, 6) is -0.187. The van der Waals surface area contributed by atoms with Crippen molar-refractivity contribution in [2.24, 2.45) is 0 Å². The van der Waals surface area contributed by atoms with Gasteiger partial charge < -0.3 is 9.64 Å². The van der Waals surface area contributed by atoms with Gasteiger partial charge in [0, 0.05) is 13.1 Å². The van der Waals surface area contributed by atoms with Crippen LogP contribution in [0.25, 0.3) is 0 Å². The van der Waals surface area contributed by atoms with Crippen LogP contribution in [-0.4, -0.2) is 49.5 Å². The lowest BCUT2D eigenvalue weighted by Gasteiger charge is -2.27. The summed E-state index contributed by atoms with van der Waals surface area (Å²) >= 11 is 0. The van der Waals surface area contributed by atoms with E-state index in [9.17, 15) is 9.18 Å². The molecule has 2 aromatic carbocycles.